The number of hydrogen-bond acceptors (Lipinski definition) is 2. The van der Waals surface area contributed by atoms with E-state index in [4.69, 9.17) is 21.1 Å². The van der Waals surface area contributed by atoms with E-state index in [2.05, 4.69) is 13.8 Å². The molecule has 0 bridgehead atoms. The summed E-state index contributed by atoms with van der Waals surface area (Å²) in [7, 11) is 3.33. The van der Waals surface area contributed by atoms with Crippen LogP contribution >= 0.6 is 11.6 Å². The van der Waals surface area contributed by atoms with Gasteiger partial charge < -0.3 is 9.47 Å². The molecule has 0 fully saturated rings. The summed E-state index contributed by atoms with van der Waals surface area (Å²) in [5.41, 5.74) is 1.02. The topological polar surface area (TPSA) is 18.5 Å². The van der Waals surface area contributed by atoms with Crippen molar-refractivity contribution in [2.75, 3.05) is 14.2 Å². The Morgan fingerprint density at radius 1 is 1.12 bits per heavy atom. The predicted molar refractivity (Wildman–Crippen MR) is 72.2 cm³/mol. The first-order chi connectivity index (χ1) is 8.17. The Morgan fingerprint density at radius 2 is 1.76 bits per heavy atom. The normalized spacial score (nSPS) is 12.6. The highest BCUT2D eigenvalue weighted by molar-refractivity contribution is 6.21. The maximum absolute atomic E-state index is 6.55. The average molecular weight is 257 g/mol. The van der Waals surface area contributed by atoms with Gasteiger partial charge in [0.15, 0.2) is 0 Å². The zero-order valence-corrected chi connectivity index (χ0v) is 11.8. The molecule has 0 saturated heterocycles. The van der Waals surface area contributed by atoms with Crippen LogP contribution in [0.1, 0.15) is 37.6 Å². The molecule has 2 nitrogen and oxygen atoms in total. The molecule has 0 radical (unpaired) electrons. The maximum Gasteiger partial charge on any atom is 0.123 e. The van der Waals surface area contributed by atoms with Gasteiger partial charge in [-0.3, -0.25) is 0 Å². The molecule has 0 aliphatic carbocycles. The number of ether oxygens (including phenoxy) is 2. The average Bonchev–Trinajstić information content (AvgIpc) is 2.39. The molecule has 0 aliphatic rings. The molecule has 0 heterocycles. The van der Waals surface area contributed by atoms with E-state index in [0.29, 0.717) is 5.92 Å². The Kier molecular flexibility index (Phi) is 5.63. The van der Waals surface area contributed by atoms with Crippen molar-refractivity contribution < 1.29 is 9.47 Å². The Labute approximate surface area is 109 Å². The predicted octanol–water partition coefficient (Wildman–Crippen LogP) is 4.42. The van der Waals surface area contributed by atoms with Crippen LogP contribution in [0.4, 0.5) is 0 Å². The van der Waals surface area contributed by atoms with Gasteiger partial charge in [0.05, 0.1) is 19.6 Å². The quantitative estimate of drug-likeness (QED) is 0.702. The van der Waals surface area contributed by atoms with Crippen molar-refractivity contribution in [1.29, 1.82) is 0 Å². The monoisotopic (exact) mass is 256 g/mol. The van der Waals surface area contributed by atoms with Crippen LogP contribution in [0.15, 0.2) is 18.2 Å². The van der Waals surface area contributed by atoms with E-state index < -0.39 is 0 Å². The minimum absolute atomic E-state index is 0.0324. The minimum Gasteiger partial charge on any atom is -0.497 e. The Balaban J connectivity index is 3.08. The third-order valence-electron chi connectivity index (χ3n) is 3.20. The molecule has 0 N–H and O–H groups in total. The molecule has 0 aromatic heterocycles. The lowest BCUT2D eigenvalue weighted by molar-refractivity contribution is 0.389. The van der Waals surface area contributed by atoms with Crippen LogP contribution in [0.25, 0.3) is 0 Å². The fourth-order valence-electron chi connectivity index (χ4n) is 2.01. The van der Waals surface area contributed by atoms with E-state index in [1.54, 1.807) is 14.2 Å². The van der Waals surface area contributed by atoms with Crippen molar-refractivity contribution in [2.45, 2.75) is 32.1 Å². The smallest absolute Gasteiger partial charge is 0.123 e. The van der Waals surface area contributed by atoms with Crippen molar-refractivity contribution in [1.82, 2.24) is 0 Å². The highest BCUT2D eigenvalue weighted by atomic mass is 35.5. The lowest BCUT2D eigenvalue weighted by Gasteiger charge is -2.22. The molecular weight excluding hydrogens is 236 g/mol. The summed E-state index contributed by atoms with van der Waals surface area (Å²) in [5.74, 6) is 2.10. The molecule has 0 amide bonds. The summed E-state index contributed by atoms with van der Waals surface area (Å²) in [4.78, 5) is 0. The molecule has 1 aromatic carbocycles. The summed E-state index contributed by atoms with van der Waals surface area (Å²) in [6.45, 7) is 4.33. The van der Waals surface area contributed by atoms with Gasteiger partial charge in [-0.15, -0.1) is 11.6 Å². The van der Waals surface area contributed by atoms with Gasteiger partial charge in [0, 0.05) is 5.56 Å². The second kappa shape index (κ2) is 6.75. The largest absolute Gasteiger partial charge is 0.497 e. The SMILES string of the molecule is CCC(CC)C(Cl)c1cc(OC)ccc1OC. The van der Waals surface area contributed by atoms with Gasteiger partial charge in [-0.05, 0) is 24.1 Å². The summed E-state index contributed by atoms with van der Waals surface area (Å²) < 4.78 is 10.6. The first-order valence-electron chi connectivity index (χ1n) is 6.03. The van der Waals surface area contributed by atoms with Crippen LogP contribution in [-0.2, 0) is 0 Å². The molecular formula is C14H21ClO2. The van der Waals surface area contributed by atoms with Gasteiger partial charge in [-0.1, -0.05) is 26.7 Å². The lowest BCUT2D eigenvalue weighted by Crippen LogP contribution is -2.07. The molecule has 1 rings (SSSR count). The second-order valence-electron chi connectivity index (χ2n) is 4.09. The second-order valence-corrected chi connectivity index (χ2v) is 4.56. The van der Waals surface area contributed by atoms with Crippen LogP contribution in [0, 0.1) is 5.92 Å². The highest BCUT2D eigenvalue weighted by Crippen LogP contribution is 2.39. The van der Waals surface area contributed by atoms with Crippen molar-refractivity contribution >= 4 is 11.6 Å². The van der Waals surface area contributed by atoms with Gasteiger partial charge in [0.2, 0.25) is 0 Å². The van der Waals surface area contributed by atoms with Crippen LogP contribution < -0.4 is 9.47 Å². The van der Waals surface area contributed by atoms with Crippen molar-refractivity contribution in [2.24, 2.45) is 5.92 Å². The molecule has 0 spiro atoms. The van der Waals surface area contributed by atoms with Crippen molar-refractivity contribution in [3.05, 3.63) is 23.8 Å². The molecule has 1 unspecified atom stereocenters. The molecule has 3 heteroatoms. The number of rotatable bonds is 6. The number of methoxy groups -OCH3 is 2. The highest BCUT2D eigenvalue weighted by Gasteiger charge is 2.21. The third kappa shape index (κ3) is 3.29. The van der Waals surface area contributed by atoms with E-state index in [9.17, 15) is 0 Å². The summed E-state index contributed by atoms with van der Waals surface area (Å²) in [6.07, 6.45) is 2.12. The number of benzene rings is 1. The molecule has 17 heavy (non-hydrogen) atoms. The number of halogens is 1. The molecule has 1 atom stereocenters. The lowest BCUT2D eigenvalue weighted by atomic mass is 9.93. The number of alkyl halides is 1. The summed E-state index contributed by atoms with van der Waals surface area (Å²) in [5, 5.41) is -0.0324. The minimum atomic E-state index is -0.0324. The number of hydrogen-bond donors (Lipinski definition) is 0. The van der Waals surface area contributed by atoms with Crippen molar-refractivity contribution in [3.63, 3.8) is 0 Å². The molecule has 0 aliphatic heterocycles. The van der Waals surface area contributed by atoms with E-state index in [-0.39, 0.29) is 5.38 Å². The Morgan fingerprint density at radius 3 is 2.24 bits per heavy atom. The van der Waals surface area contributed by atoms with Gasteiger partial charge >= 0.3 is 0 Å². The van der Waals surface area contributed by atoms with E-state index in [1.807, 2.05) is 18.2 Å². The van der Waals surface area contributed by atoms with Crippen LogP contribution in [-0.4, -0.2) is 14.2 Å². The van der Waals surface area contributed by atoms with Gasteiger partial charge in [-0.2, -0.15) is 0 Å². The van der Waals surface area contributed by atoms with Crippen LogP contribution in [0.5, 0.6) is 11.5 Å². The Bertz CT molecular complexity index is 348. The van der Waals surface area contributed by atoms with Gasteiger partial charge in [-0.25, -0.2) is 0 Å². The summed E-state index contributed by atoms with van der Waals surface area (Å²) >= 11 is 6.55. The third-order valence-corrected chi connectivity index (χ3v) is 3.79. The first kappa shape index (κ1) is 14.2. The zero-order chi connectivity index (χ0) is 12.8. The molecule has 0 saturated carbocycles. The zero-order valence-electron chi connectivity index (χ0n) is 11.0. The molecule has 96 valence electrons. The maximum atomic E-state index is 6.55. The first-order valence-corrected chi connectivity index (χ1v) is 6.47. The Hall–Kier alpha value is -0.890. The van der Waals surface area contributed by atoms with Gasteiger partial charge in [0.25, 0.3) is 0 Å². The van der Waals surface area contributed by atoms with E-state index >= 15 is 0 Å². The standard InChI is InChI=1S/C14H21ClO2/c1-5-10(6-2)14(15)12-9-11(16-3)7-8-13(12)17-4/h7-10,14H,5-6H2,1-4H3. The van der Waals surface area contributed by atoms with E-state index in [1.165, 1.54) is 0 Å². The molecule has 1 aromatic rings. The fourth-order valence-corrected chi connectivity index (χ4v) is 2.54. The van der Waals surface area contributed by atoms with E-state index in [0.717, 1.165) is 29.9 Å². The van der Waals surface area contributed by atoms with Gasteiger partial charge in [0.1, 0.15) is 11.5 Å². The summed E-state index contributed by atoms with van der Waals surface area (Å²) in [6, 6.07) is 5.76. The van der Waals surface area contributed by atoms with Crippen LogP contribution in [0.3, 0.4) is 0 Å². The fraction of sp³-hybridized carbons (Fsp3) is 0.571. The van der Waals surface area contributed by atoms with Crippen LogP contribution in [0.2, 0.25) is 0 Å². The van der Waals surface area contributed by atoms with Crippen molar-refractivity contribution in [3.8, 4) is 11.5 Å².